The van der Waals surface area contributed by atoms with Crippen molar-refractivity contribution in [3.63, 3.8) is 0 Å². The number of nitrogens with one attached hydrogen (secondary N) is 1. The number of benzene rings is 3. The van der Waals surface area contributed by atoms with Gasteiger partial charge >= 0.3 is 0 Å². The number of amides is 1. The van der Waals surface area contributed by atoms with Crippen molar-refractivity contribution in [1.29, 1.82) is 0 Å². The highest BCUT2D eigenvalue weighted by atomic mass is 79.9. The molecule has 0 unspecified atom stereocenters. The molecule has 3 rings (SSSR count). The summed E-state index contributed by atoms with van der Waals surface area (Å²) in [6, 6.07) is 18.9. The molecule has 4 nitrogen and oxygen atoms in total. The number of hydrazone groups is 1. The normalized spacial score (nSPS) is 11.0. The molecule has 1 amide bonds. The van der Waals surface area contributed by atoms with Crippen molar-refractivity contribution in [2.75, 3.05) is 0 Å². The Bertz CT molecular complexity index is 917. The fourth-order valence-corrected chi connectivity index (χ4v) is 2.84. The van der Waals surface area contributed by atoms with E-state index in [2.05, 4.69) is 26.5 Å². The van der Waals surface area contributed by atoms with Crippen LogP contribution in [0.1, 0.15) is 11.1 Å². The van der Waals surface area contributed by atoms with E-state index in [-0.39, 0.29) is 18.1 Å². The van der Waals surface area contributed by atoms with Crippen molar-refractivity contribution < 1.29 is 9.90 Å². The van der Waals surface area contributed by atoms with Crippen LogP contribution < -0.4 is 5.43 Å². The van der Waals surface area contributed by atoms with E-state index in [0.717, 1.165) is 21.9 Å². The smallest absolute Gasteiger partial charge is 0.244 e. The number of rotatable bonds is 4. The fourth-order valence-electron chi connectivity index (χ4n) is 2.44. The van der Waals surface area contributed by atoms with Crippen LogP contribution in [0.2, 0.25) is 0 Å². The summed E-state index contributed by atoms with van der Waals surface area (Å²) in [4.78, 5) is 12.1. The third-order valence-corrected chi connectivity index (χ3v) is 4.24. The maximum absolute atomic E-state index is 12.1. The number of carbonyl (C=O) groups excluding carboxylic acids is 1. The lowest BCUT2D eigenvalue weighted by Crippen LogP contribution is -2.19. The van der Waals surface area contributed by atoms with Crippen molar-refractivity contribution in [1.82, 2.24) is 5.43 Å². The molecule has 0 fully saturated rings. The molecule has 5 heteroatoms. The SMILES string of the molecule is O=C(Cc1cccc2ccccc12)N/N=C/c1ccc(O)c(Br)c1. The summed E-state index contributed by atoms with van der Waals surface area (Å²) >= 11 is 3.24. The molecule has 3 aromatic carbocycles. The Morgan fingerprint density at radius 3 is 2.75 bits per heavy atom. The second-order valence-electron chi connectivity index (χ2n) is 5.32. The van der Waals surface area contributed by atoms with Gasteiger partial charge in [-0.2, -0.15) is 5.10 Å². The monoisotopic (exact) mass is 382 g/mol. The molecule has 0 spiro atoms. The van der Waals surface area contributed by atoms with Crippen LogP contribution in [-0.2, 0) is 11.2 Å². The minimum absolute atomic E-state index is 0.159. The molecule has 0 radical (unpaired) electrons. The molecule has 0 saturated heterocycles. The quantitative estimate of drug-likeness (QED) is 0.529. The van der Waals surface area contributed by atoms with Crippen LogP contribution in [0.3, 0.4) is 0 Å². The summed E-state index contributed by atoms with van der Waals surface area (Å²) in [5, 5.41) is 15.6. The summed E-state index contributed by atoms with van der Waals surface area (Å²) in [5.41, 5.74) is 4.27. The lowest BCUT2D eigenvalue weighted by atomic mass is 10.0. The summed E-state index contributed by atoms with van der Waals surface area (Å²) in [6.07, 6.45) is 1.79. The Hall–Kier alpha value is -2.66. The number of fused-ring (bicyclic) bond motifs is 1. The van der Waals surface area contributed by atoms with E-state index in [1.165, 1.54) is 6.21 Å². The predicted octanol–water partition coefficient (Wildman–Crippen LogP) is 4.00. The van der Waals surface area contributed by atoms with Crippen LogP contribution in [0.4, 0.5) is 0 Å². The Kier molecular flexibility index (Phi) is 4.91. The van der Waals surface area contributed by atoms with Gasteiger partial charge in [-0.3, -0.25) is 4.79 Å². The maximum atomic E-state index is 12.1. The van der Waals surface area contributed by atoms with Gasteiger partial charge in [-0.25, -0.2) is 5.43 Å². The van der Waals surface area contributed by atoms with Gasteiger partial charge in [-0.15, -0.1) is 0 Å². The van der Waals surface area contributed by atoms with Crippen molar-refractivity contribution in [3.8, 4) is 5.75 Å². The molecule has 0 atom stereocenters. The van der Waals surface area contributed by atoms with Crippen molar-refractivity contribution >= 4 is 38.8 Å². The zero-order valence-electron chi connectivity index (χ0n) is 12.7. The average molecular weight is 383 g/mol. The number of hydrogen-bond acceptors (Lipinski definition) is 3. The zero-order valence-corrected chi connectivity index (χ0v) is 14.3. The molecular formula is C19H15BrN2O2. The molecule has 0 aliphatic rings. The molecule has 0 aromatic heterocycles. The Morgan fingerprint density at radius 2 is 1.92 bits per heavy atom. The van der Waals surface area contributed by atoms with Crippen molar-refractivity contribution in [2.45, 2.75) is 6.42 Å². The standard InChI is InChI=1S/C19H15BrN2O2/c20-17-10-13(8-9-18(17)23)12-21-22-19(24)11-15-6-3-5-14-4-1-2-7-16(14)15/h1-10,12,23H,11H2,(H,22,24)/b21-12+. The van der Waals surface area contributed by atoms with Gasteiger partial charge < -0.3 is 5.11 Å². The molecule has 120 valence electrons. The maximum Gasteiger partial charge on any atom is 0.244 e. The average Bonchev–Trinajstić information content (AvgIpc) is 2.58. The minimum Gasteiger partial charge on any atom is -0.507 e. The molecule has 0 heterocycles. The van der Waals surface area contributed by atoms with Gasteiger partial charge in [0, 0.05) is 0 Å². The molecular weight excluding hydrogens is 368 g/mol. The largest absolute Gasteiger partial charge is 0.507 e. The number of nitrogens with zero attached hydrogens (tertiary/aromatic N) is 1. The van der Waals surface area contributed by atoms with Gasteiger partial charge in [0.2, 0.25) is 5.91 Å². The topological polar surface area (TPSA) is 61.7 Å². The first-order valence-electron chi connectivity index (χ1n) is 7.40. The molecule has 0 aliphatic heterocycles. The first kappa shape index (κ1) is 16.2. The highest BCUT2D eigenvalue weighted by Gasteiger charge is 2.06. The summed E-state index contributed by atoms with van der Waals surface area (Å²) in [6.45, 7) is 0. The molecule has 0 saturated carbocycles. The van der Waals surface area contributed by atoms with Gasteiger partial charge in [0.05, 0.1) is 17.1 Å². The highest BCUT2D eigenvalue weighted by molar-refractivity contribution is 9.10. The third kappa shape index (κ3) is 3.81. The van der Waals surface area contributed by atoms with Crippen LogP contribution >= 0.6 is 15.9 Å². The first-order chi connectivity index (χ1) is 11.6. The lowest BCUT2D eigenvalue weighted by Gasteiger charge is -2.05. The fraction of sp³-hybridized carbons (Fsp3) is 0.0526. The van der Waals surface area contributed by atoms with Gasteiger partial charge in [0.15, 0.2) is 0 Å². The number of phenols is 1. The number of phenolic OH excluding ortho intramolecular Hbond substituents is 1. The van der Waals surface area contributed by atoms with Crippen molar-refractivity contribution in [2.24, 2.45) is 5.10 Å². The van der Waals surface area contributed by atoms with E-state index < -0.39 is 0 Å². The minimum atomic E-state index is -0.180. The number of halogens is 1. The van der Waals surface area contributed by atoms with Gasteiger partial charge in [0.25, 0.3) is 0 Å². The summed E-state index contributed by atoms with van der Waals surface area (Å²) in [7, 11) is 0. The zero-order chi connectivity index (χ0) is 16.9. The molecule has 0 aliphatic carbocycles. The first-order valence-corrected chi connectivity index (χ1v) is 8.20. The van der Waals surface area contributed by atoms with Crippen LogP contribution in [-0.4, -0.2) is 17.2 Å². The molecule has 24 heavy (non-hydrogen) atoms. The molecule has 2 N–H and O–H groups in total. The van der Waals surface area contributed by atoms with Crippen LogP contribution in [0.5, 0.6) is 5.75 Å². The Labute approximate surface area is 148 Å². The van der Waals surface area contributed by atoms with Gasteiger partial charge in [-0.05, 0) is 56.0 Å². The number of carbonyl (C=O) groups is 1. The highest BCUT2D eigenvalue weighted by Crippen LogP contribution is 2.23. The second kappa shape index (κ2) is 7.27. The van der Waals surface area contributed by atoms with Crippen LogP contribution in [0.25, 0.3) is 10.8 Å². The number of hydrogen-bond donors (Lipinski definition) is 2. The summed E-state index contributed by atoms with van der Waals surface area (Å²) in [5.74, 6) is -0.0208. The molecule has 3 aromatic rings. The summed E-state index contributed by atoms with van der Waals surface area (Å²) < 4.78 is 0.577. The van der Waals surface area contributed by atoms with Crippen LogP contribution in [0.15, 0.2) is 70.2 Å². The van der Waals surface area contributed by atoms with E-state index >= 15 is 0 Å². The van der Waals surface area contributed by atoms with Crippen molar-refractivity contribution in [3.05, 3.63) is 76.3 Å². The van der Waals surface area contributed by atoms with E-state index in [9.17, 15) is 9.90 Å². The Balaban J connectivity index is 1.67. The van der Waals surface area contributed by atoms with E-state index in [4.69, 9.17) is 0 Å². The van der Waals surface area contributed by atoms with Crippen LogP contribution in [0, 0.1) is 0 Å². The second-order valence-corrected chi connectivity index (χ2v) is 6.17. The van der Waals surface area contributed by atoms with Gasteiger partial charge in [-0.1, -0.05) is 42.5 Å². The van der Waals surface area contributed by atoms with Gasteiger partial charge in [0.1, 0.15) is 5.75 Å². The third-order valence-electron chi connectivity index (χ3n) is 3.61. The Morgan fingerprint density at radius 1 is 1.12 bits per heavy atom. The predicted molar refractivity (Wildman–Crippen MR) is 99.2 cm³/mol. The number of aromatic hydroxyl groups is 1. The molecule has 0 bridgehead atoms. The van der Waals surface area contributed by atoms with E-state index in [1.807, 2.05) is 42.5 Å². The lowest BCUT2D eigenvalue weighted by molar-refractivity contribution is -0.120. The van der Waals surface area contributed by atoms with E-state index in [0.29, 0.717) is 4.47 Å². The van der Waals surface area contributed by atoms with E-state index in [1.54, 1.807) is 18.2 Å².